The Balaban J connectivity index is 1.19. The molecule has 5 rings (SSSR count). The Hall–Kier alpha value is -2.30. The molecular weight excluding hydrogens is 312 g/mol. The molecule has 2 fully saturated rings. The molecule has 2 aromatic rings. The van der Waals surface area contributed by atoms with Crippen LogP contribution in [-0.2, 0) is 6.42 Å². The van der Waals surface area contributed by atoms with E-state index in [2.05, 4.69) is 34.7 Å². The highest BCUT2D eigenvalue weighted by Crippen LogP contribution is 2.54. The molecule has 0 bridgehead atoms. The molecule has 1 aromatic carbocycles. The second-order valence-corrected chi connectivity index (χ2v) is 7.61. The van der Waals surface area contributed by atoms with E-state index in [4.69, 9.17) is 0 Å². The van der Waals surface area contributed by atoms with Crippen LogP contribution in [-0.4, -0.2) is 39.8 Å². The van der Waals surface area contributed by atoms with Gasteiger partial charge in [0.05, 0.1) is 6.04 Å². The fraction of sp³-hybridized carbons (Fsp3) is 0.500. The molecule has 3 aliphatic rings. The van der Waals surface area contributed by atoms with Gasteiger partial charge in [-0.05, 0) is 48.8 Å². The summed E-state index contributed by atoms with van der Waals surface area (Å²) in [6.07, 6.45) is 8.16. The van der Waals surface area contributed by atoms with Crippen LogP contribution < -0.4 is 5.32 Å². The number of hydrogen-bond donors (Lipinski definition) is 1. The zero-order valence-electron chi connectivity index (χ0n) is 14.3. The van der Waals surface area contributed by atoms with E-state index in [9.17, 15) is 4.79 Å². The zero-order valence-corrected chi connectivity index (χ0v) is 14.3. The summed E-state index contributed by atoms with van der Waals surface area (Å²) in [6.45, 7) is 1.63. The predicted molar refractivity (Wildman–Crippen MR) is 95.4 cm³/mol. The van der Waals surface area contributed by atoms with Gasteiger partial charge < -0.3 is 10.2 Å². The van der Waals surface area contributed by atoms with E-state index >= 15 is 0 Å². The SMILES string of the molecule is O=C(N[C@@H]1[C@H]2CCc3ccccc3[C@@H]21)N1CCC(n2cccn2)CC1. The number of likely N-dealkylation sites (tertiary alicyclic amines) is 1. The average Bonchev–Trinajstić information content (AvgIpc) is 3.09. The first-order valence-corrected chi connectivity index (χ1v) is 9.43. The van der Waals surface area contributed by atoms with Crippen LogP contribution in [0.2, 0.25) is 0 Å². The van der Waals surface area contributed by atoms with Crippen molar-refractivity contribution in [3.05, 3.63) is 53.9 Å². The summed E-state index contributed by atoms with van der Waals surface area (Å²) >= 11 is 0. The smallest absolute Gasteiger partial charge is 0.317 e. The molecule has 5 heteroatoms. The topological polar surface area (TPSA) is 50.2 Å². The number of aromatic nitrogens is 2. The van der Waals surface area contributed by atoms with Crippen molar-refractivity contribution in [2.24, 2.45) is 5.92 Å². The van der Waals surface area contributed by atoms with Gasteiger partial charge in [-0.15, -0.1) is 0 Å². The Bertz CT molecular complexity index is 764. The molecule has 0 unspecified atom stereocenters. The number of carbonyl (C=O) groups is 1. The summed E-state index contributed by atoms with van der Waals surface area (Å²) in [4.78, 5) is 14.7. The van der Waals surface area contributed by atoms with Gasteiger partial charge in [-0.2, -0.15) is 5.10 Å². The van der Waals surface area contributed by atoms with Gasteiger partial charge in [0.15, 0.2) is 0 Å². The van der Waals surface area contributed by atoms with E-state index in [0.29, 0.717) is 23.9 Å². The number of carbonyl (C=O) groups excluding carboxylic acids is 1. The first-order valence-electron chi connectivity index (χ1n) is 9.43. The Labute approximate surface area is 148 Å². The van der Waals surface area contributed by atoms with Crippen LogP contribution in [0.1, 0.15) is 42.3 Å². The summed E-state index contributed by atoms with van der Waals surface area (Å²) in [6, 6.07) is 11.6. The Morgan fingerprint density at radius 2 is 1.96 bits per heavy atom. The van der Waals surface area contributed by atoms with Crippen molar-refractivity contribution in [1.29, 1.82) is 0 Å². The fourth-order valence-electron chi connectivity index (χ4n) is 4.83. The molecule has 1 saturated heterocycles. The molecule has 2 aliphatic carbocycles. The first-order chi connectivity index (χ1) is 12.3. The molecule has 5 nitrogen and oxygen atoms in total. The molecule has 1 N–H and O–H groups in total. The highest BCUT2D eigenvalue weighted by atomic mass is 16.2. The van der Waals surface area contributed by atoms with E-state index < -0.39 is 0 Å². The van der Waals surface area contributed by atoms with Gasteiger partial charge in [0.25, 0.3) is 0 Å². The van der Waals surface area contributed by atoms with E-state index in [1.54, 1.807) is 0 Å². The van der Waals surface area contributed by atoms with Crippen molar-refractivity contribution in [2.45, 2.75) is 43.7 Å². The monoisotopic (exact) mass is 336 g/mol. The van der Waals surface area contributed by atoms with Gasteiger partial charge in [0.2, 0.25) is 0 Å². The lowest BCUT2D eigenvalue weighted by atomic mass is 9.92. The maximum atomic E-state index is 12.7. The fourth-order valence-corrected chi connectivity index (χ4v) is 4.83. The number of nitrogens with one attached hydrogen (secondary N) is 1. The number of benzene rings is 1. The number of fused-ring (bicyclic) bond motifs is 3. The molecule has 130 valence electrons. The normalized spacial score (nSPS) is 28.2. The summed E-state index contributed by atoms with van der Waals surface area (Å²) in [5.74, 6) is 1.18. The van der Waals surface area contributed by atoms with E-state index in [-0.39, 0.29) is 6.03 Å². The van der Waals surface area contributed by atoms with E-state index in [0.717, 1.165) is 32.4 Å². The predicted octanol–water partition coefficient (Wildman–Crippen LogP) is 2.96. The lowest BCUT2D eigenvalue weighted by Crippen LogP contribution is -2.46. The minimum Gasteiger partial charge on any atom is -0.334 e. The molecule has 0 radical (unpaired) electrons. The minimum absolute atomic E-state index is 0.121. The van der Waals surface area contributed by atoms with Crippen molar-refractivity contribution in [3.8, 4) is 0 Å². The number of piperidine rings is 1. The third-order valence-electron chi connectivity index (χ3n) is 6.27. The van der Waals surface area contributed by atoms with Crippen molar-refractivity contribution in [3.63, 3.8) is 0 Å². The Kier molecular flexibility index (Phi) is 3.54. The van der Waals surface area contributed by atoms with Crippen LogP contribution in [0.15, 0.2) is 42.7 Å². The summed E-state index contributed by atoms with van der Waals surface area (Å²) in [5, 5.41) is 7.66. The molecule has 2 amide bonds. The van der Waals surface area contributed by atoms with Crippen LogP contribution in [0, 0.1) is 5.92 Å². The highest BCUT2D eigenvalue weighted by molar-refractivity contribution is 5.75. The van der Waals surface area contributed by atoms with Crippen LogP contribution in [0.25, 0.3) is 0 Å². The van der Waals surface area contributed by atoms with Crippen molar-refractivity contribution in [1.82, 2.24) is 20.0 Å². The van der Waals surface area contributed by atoms with Crippen LogP contribution in [0.4, 0.5) is 4.79 Å². The second-order valence-electron chi connectivity index (χ2n) is 7.61. The minimum atomic E-state index is 0.121. The van der Waals surface area contributed by atoms with E-state index in [1.165, 1.54) is 17.5 Å². The third kappa shape index (κ3) is 2.62. The van der Waals surface area contributed by atoms with Crippen LogP contribution in [0.3, 0.4) is 0 Å². The van der Waals surface area contributed by atoms with Gasteiger partial charge in [-0.25, -0.2) is 4.79 Å². The molecule has 2 heterocycles. The standard InChI is InChI=1S/C20H24N4O/c25-20(23-12-8-15(9-13-23)24-11-3-10-21-24)22-19-17-7-6-14-4-1-2-5-16(14)18(17)19/h1-5,10-11,15,17-19H,6-9,12-13H2,(H,22,25)/t17-,18-,19+/m0/s1. The molecule has 0 spiro atoms. The number of aryl methyl sites for hydroxylation is 1. The maximum absolute atomic E-state index is 12.7. The van der Waals surface area contributed by atoms with Gasteiger partial charge in [0.1, 0.15) is 0 Å². The second kappa shape index (κ2) is 5.90. The lowest BCUT2D eigenvalue weighted by Gasteiger charge is -2.32. The third-order valence-corrected chi connectivity index (χ3v) is 6.27. The molecule has 1 aromatic heterocycles. The largest absolute Gasteiger partial charge is 0.334 e. The van der Waals surface area contributed by atoms with Crippen molar-refractivity contribution < 1.29 is 4.79 Å². The Morgan fingerprint density at radius 1 is 1.12 bits per heavy atom. The number of hydrogen-bond acceptors (Lipinski definition) is 2. The van der Waals surface area contributed by atoms with Gasteiger partial charge in [0, 0.05) is 37.4 Å². The van der Waals surface area contributed by atoms with Crippen LogP contribution >= 0.6 is 0 Å². The average molecular weight is 336 g/mol. The zero-order chi connectivity index (χ0) is 16.8. The highest BCUT2D eigenvalue weighted by Gasteiger charge is 2.54. The maximum Gasteiger partial charge on any atom is 0.317 e. The number of urea groups is 1. The van der Waals surface area contributed by atoms with Crippen LogP contribution in [0.5, 0.6) is 0 Å². The van der Waals surface area contributed by atoms with Gasteiger partial charge >= 0.3 is 6.03 Å². The van der Waals surface area contributed by atoms with E-state index in [1.807, 2.05) is 28.0 Å². The summed E-state index contributed by atoms with van der Waals surface area (Å²) < 4.78 is 2.03. The molecular formula is C20H24N4O. The molecule has 1 aliphatic heterocycles. The summed E-state index contributed by atoms with van der Waals surface area (Å²) in [7, 11) is 0. The first kappa shape index (κ1) is 15.0. The molecule has 1 saturated carbocycles. The number of rotatable bonds is 2. The lowest BCUT2D eigenvalue weighted by molar-refractivity contribution is 0.167. The summed E-state index contributed by atoms with van der Waals surface area (Å²) in [5.41, 5.74) is 2.93. The number of nitrogens with zero attached hydrogens (tertiary/aromatic N) is 3. The van der Waals surface area contributed by atoms with Crippen molar-refractivity contribution in [2.75, 3.05) is 13.1 Å². The Morgan fingerprint density at radius 3 is 2.76 bits per heavy atom. The van der Waals surface area contributed by atoms with Gasteiger partial charge in [-0.1, -0.05) is 24.3 Å². The number of amides is 2. The molecule has 3 atom stereocenters. The van der Waals surface area contributed by atoms with Gasteiger partial charge in [-0.3, -0.25) is 4.68 Å². The van der Waals surface area contributed by atoms with Crippen molar-refractivity contribution >= 4 is 6.03 Å². The molecule has 25 heavy (non-hydrogen) atoms. The quantitative estimate of drug-likeness (QED) is 0.917.